The van der Waals surface area contributed by atoms with Gasteiger partial charge in [-0.2, -0.15) is 0 Å². The van der Waals surface area contributed by atoms with Crippen LogP contribution >= 0.6 is 22.7 Å². The number of esters is 1. The molecule has 0 spiro atoms. The lowest BCUT2D eigenvalue weighted by Crippen LogP contribution is -2.29. The maximum atomic E-state index is 12.5. The highest BCUT2D eigenvalue weighted by Crippen LogP contribution is 2.40. The normalized spacial score (nSPS) is 16.4. The Kier molecular flexibility index (Phi) is 6.11. The van der Waals surface area contributed by atoms with E-state index in [0.717, 1.165) is 31.4 Å². The second-order valence-corrected chi connectivity index (χ2v) is 8.98. The van der Waals surface area contributed by atoms with Crippen molar-refractivity contribution in [3.63, 3.8) is 0 Å². The third-order valence-corrected chi connectivity index (χ3v) is 6.60. The molecular weight excluding hydrogens is 368 g/mol. The highest BCUT2D eigenvalue weighted by atomic mass is 32.1. The molecule has 1 atom stereocenters. The Morgan fingerprint density at radius 3 is 2.92 bits per heavy atom. The van der Waals surface area contributed by atoms with Crippen LogP contribution in [0.3, 0.4) is 0 Å². The Balaban J connectivity index is 1.72. The number of methoxy groups -OCH3 is 1. The van der Waals surface area contributed by atoms with Crippen molar-refractivity contribution < 1.29 is 14.3 Å². The second kappa shape index (κ2) is 8.33. The molecule has 140 valence electrons. The minimum Gasteiger partial charge on any atom is -0.465 e. The fourth-order valence-corrected chi connectivity index (χ4v) is 5.49. The Hall–Kier alpha value is -1.70. The molecule has 0 saturated carbocycles. The number of nitrogens with one attached hydrogen (secondary N) is 1. The quantitative estimate of drug-likeness (QED) is 0.760. The molecular formula is C19H24N2O3S2. The molecule has 0 aromatic carbocycles. The molecule has 2 aromatic heterocycles. The number of thiophene rings is 2. The van der Waals surface area contributed by atoms with Gasteiger partial charge in [0, 0.05) is 16.3 Å². The predicted molar refractivity (Wildman–Crippen MR) is 106 cm³/mol. The Morgan fingerprint density at radius 2 is 2.23 bits per heavy atom. The molecule has 1 aliphatic rings. The average Bonchev–Trinajstić information content (AvgIpc) is 3.20. The lowest BCUT2D eigenvalue weighted by molar-refractivity contribution is -0.117. The van der Waals surface area contributed by atoms with Crippen molar-refractivity contribution in [2.24, 2.45) is 5.92 Å². The monoisotopic (exact) mass is 392 g/mol. The van der Waals surface area contributed by atoms with Gasteiger partial charge in [0.2, 0.25) is 5.91 Å². The number of fused-ring (bicyclic) bond motifs is 1. The van der Waals surface area contributed by atoms with Crippen LogP contribution in [0.5, 0.6) is 0 Å². The van der Waals surface area contributed by atoms with Crippen LogP contribution in [0.25, 0.3) is 0 Å². The summed E-state index contributed by atoms with van der Waals surface area (Å²) in [4.78, 5) is 29.2. The van der Waals surface area contributed by atoms with E-state index < -0.39 is 0 Å². The molecule has 0 unspecified atom stereocenters. The van der Waals surface area contributed by atoms with E-state index >= 15 is 0 Å². The van der Waals surface area contributed by atoms with E-state index in [-0.39, 0.29) is 18.4 Å². The zero-order valence-electron chi connectivity index (χ0n) is 15.3. The summed E-state index contributed by atoms with van der Waals surface area (Å²) < 4.78 is 4.97. The van der Waals surface area contributed by atoms with Crippen molar-refractivity contribution in [2.75, 3.05) is 26.0 Å². The Labute approximate surface area is 162 Å². The van der Waals surface area contributed by atoms with Crippen molar-refractivity contribution >= 4 is 39.6 Å². The molecule has 1 aliphatic carbocycles. The van der Waals surface area contributed by atoms with E-state index in [1.807, 2.05) is 23.4 Å². The summed E-state index contributed by atoms with van der Waals surface area (Å²) in [5, 5.41) is 5.61. The topological polar surface area (TPSA) is 58.6 Å². The number of nitrogens with zero attached hydrogens (tertiary/aromatic N) is 1. The molecule has 2 heterocycles. The SMILES string of the molecule is COC(=O)c1c(NC(=O)CN(C)Cc2cccs2)sc2c1CC[C@H](C)C2. The number of rotatable bonds is 6. The first-order valence-electron chi connectivity index (χ1n) is 8.71. The fourth-order valence-electron chi connectivity index (χ4n) is 3.29. The van der Waals surface area contributed by atoms with Gasteiger partial charge in [-0.05, 0) is 49.2 Å². The summed E-state index contributed by atoms with van der Waals surface area (Å²) in [6, 6.07) is 4.07. The number of carbonyl (C=O) groups is 2. The number of ether oxygens (including phenoxy) is 1. The van der Waals surface area contributed by atoms with Gasteiger partial charge >= 0.3 is 5.97 Å². The van der Waals surface area contributed by atoms with E-state index in [2.05, 4.69) is 18.3 Å². The smallest absolute Gasteiger partial charge is 0.341 e. The van der Waals surface area contributed by atoms with Gasteiger partial charge in [-0.1, -0.05) is 13.0 Å². The van der Waals surface area contributed by atoms with Gasteiger partial charge in [-0.3, -0.25) is 9.69 Å². The van der Waals surface area contributed by atoms with Crippen LogP contribution in [-0.2, 0) is 28.9 Å². The van der Waals surface area contributed by atoms with Crippen LogP contribution in [0.4, 0.5) is 5.00 Å². The van der Waals surface area contributed by atoms with E-state index in [1.165, 1.54) is 28.2 Å². The Morgan fingerprint density at radius 1 is 1.42 bits per heavy atom. The summed E-state index contributed by atoms with van der Waals surface area (Å²) in [6.45, 7) is 3.23. The molecule has 5 nitrogen and oxygen atoms in total. The third-order valence-electron chi connectivity index (χ3n) is 4.57. The molecule has 0 radical (unpaired) electrons. The third kappa shape index (κ3) is 4.34. The van der Waals surface area contributed by atoms with Crippen molar-refractivity contribution in [1.82, 2.24) is 4.90 Å². The van der Waals surface area contributed by atoms with Gasteiger partial charge in [0.1, 0.15) is 5.00 Å². The van der Waals surface area contributed by atoms with Crippen molar-refractivity contribution in [2.45, 2.75) is 32.7 Å². The number of hydrogen-bond donors (Lipinski definition) is 1. The molecule has 7 heteroatoms. The maximum absolute atomic E-state index is 12.5. The number of carbonyl (C=O) groups excluding carboxylic acids is 2. The van der Waals surface area contributed by atoms with E-state index in [0.29, 0.717) is 16.5 Å². The zero-order valence-corrected chi connectivity index (χ0v) is 17.0. The lowest BCUT2D eigenvalue weighted by Gasteiger charge is -2.18. The molecule has 1 amide bonds. The molecule has 2 aromatic rings. The molecule has 0 fully saturated rings. The Bertz CT molecular complexity index is 783. The summed E-state index contributed by atoms with van der Waals surface area (Å²) in [7, 11) is 3.31. The second-order valence-electron chi connectivity index (χ2n) is 6.85. The average molecular weight is 393 g/mol. The highest BCUT2D eigenvalue weighted by molar-refractivity contribution is 7.17. The van der Waals surface area contributed by atoms with Gasteiger partial charge < -0.3 is 10.1 Å². The molecule has 0 bridgehead atoms. The molecule has 1 N–H and O–H groups in total. The van der Waals surface area contributed by atoms with Crippen LogP contribution in [0.1, 0.15) is 39.0 Å². The van der Waals surface area contributed by atoms with Crippen molar-refractivity contribution in [3.8, 4) is 0 Å². The number of amides is 1. The van der Waals surface area contributed by atoms with Gasteiger partial charge in [0.15, 0.2) is 0 Å². The van der Waals surface area contributed by atoms with E-state index in [1.54, 1.807) is 11.3 Å². The first-order chi connectivity index (χ1) is 12.5. The minimum absolute atomic E-state index is 0.110. The highest BCUT2D eigenvalue weighted by Gasteiger charge is 2.28. The fraction of sp³-hybridized carbons (Fsp3) is 0.474. The molecule has 0 saturated heterocycles. The van der Waals surface area contributed by atoms with Crippen LogP contribution in [-0.4, -0.2) is 37.5 Å². The van der Waals surface area contributed by atoms with Crippen molar-refractivity contribution in [1.29, 1.82) is 0 Å². The van der Waals surface area contributed by atoms with Crippen molar-refractivity contribution in [3.05, 3.63) is 38.4 Å². The largest absolute Gasteiger partial charge is 0.465 e. The van der Waals surface area contributed by atoms with E-state index in [4.69, 9.17) is 4.74 Å². The molecule has 0 aliphatic heterocycles. The summed E-state index contributed by atoms with van der Waals surface area (Å²) in [5.74, 6) is 0.132. The predicted octanol–water partition coefficient (Wildman–Crippen LogP) is 3.79. The number of anilines is 1. The molecule has 26 heavy (non-hydrogen) atoms. The van der Waals surface area contributed by atoms with E-state index in [9.17, 15) is 9.59 Å². The van der Waals surface area contributed by atoms with Gasteiger partial charge in [0.05, 0.1) is 19.2 Å². The first kappa shape index (κ1) is 19.1. The summed E-state index contributed by atoms with van der Waals surface area (Å²) in [6.07, 6.45) is 2.88. The van der Waals surface area contributed by atoms with Crippen LogP contribution < -0.4 is 5.32 Å². The first-order valence-corrected chi connectivity index (χ1v) is 10.4. The standard InChI is InChI=1S/C19H24N2O3S2/c1-12-6-7-14-15(9-12)26-18(17(14)19(23)24-3)20-16(22)11-21(2)10-13-5-4-8-25-13/h4-5,8,12H,6-7,9-11H2,1-3H3,(H,20,22)/t12-/m0/s1. The summed E-state index contributed by atoms with van der Waals surface area (Å²) in [5.41, 5.74) is 1.61. The lowest BCUT2D eigenvalue weighted by atomic mass is 9.88. The maximum Gasteiger partial charge on any atom is 0.341 e. The van der Waals surface area contributed by atoms with Crippen LogP contribution in [0.2, 0.25) is 0 Å². The van der Waals surface area contributed by atoms with Gasteiger partial charge in [-0.25, -0.2) is 4.79 Å². The van der Waals surface area contributed by atoms with Crippen LogP contribution in [0.15, 0.2) is 17.5 Å². The zero-order chi connectivity index (χ0) is 18.7. The van der Waals surface area contributed by atoms with Crippen LogP contribution in [0, 0.1) is 5.92 Å². The van der Waals surface area contributed by atoms with Gasteiger partial charge in [-0.15, -0.1) is 22.7 Å². The minimum atomic E-state index is -0.362. The number of likely N-dealkylation sites (N-methyl/N-ethyl adjacent to an activating group) is 1. The molecule has 3 rings (SSSR count). The summed E-state index contributed by atoms with van der Waals surface area (Å²) >= 11 is 3.20. The van der Waals surface area contributed by atoms with Gasteiger partial charge in [0.25, 0.3) is 0 Å². The number of hydrogen-bond acceptors (Lipinski definition) is 6.